The van der Waals surface area contributed by atoms with Crippen LogP contribution in [0.3, 0.4) is 0 Å². The summed E-state index contributed by atoms with van der Waals surface area (Å²) >= 11 is 0. The normalized spacial score (nSPS) is 8.29. The van der Waals surface area contributed by atoms with E-state index in [2.05, 4.69) is 0 Å². The van der Waals surface area contributed by atoms with Gasteiger partial charge in [-0.25, -0.2) is 0 Å². The van der Waals surface area contributed by atoms with Crippen molar-refractivity contribution in [3.05, 3.63) is 0 Å². The summed E-state index contributed by atoms with van der Waals surface area (Å²) in [5, 5.41) is 0. The third kappa shape index (κ3) is 231. The summed E-state index contributed by atoms with van der Waals surface area (Å²) in [7, 11) is -5.17. The Bertz CT molecular complexity index is 92.9. The van der Waals surface area contributed by atoms with E-state index in [1.54, 1.807) is 0 Å². The molecule has 0 aromatic heterocycles. The number of hydrogen-bond donors (Lipinski definition) is 0. The lowest BCUT2D eigenvalue weighted by Crippen LogP contribution is -3.00. The molecule has 0 saturated heterocycles. The van der Waals surface area contributed by atoms with Gasteiger partial charge in [-0.3, -0.25) is 8.42 Å². The minimum absolute atomic E-state index is 0. The van der Waals surface area contributed by atoms with Gasteiger partial charge in [0, 0.05) is 10.4 Å². The minimum atomic E-state index is -5.17. The highest BCUT2D eigenvalue weighted by Crippen LogP contribution is 1.57. The van der Waals surface area contributed by atoms with E-state index in [4.69, 9.17) is 17.5 Å². The second kappa shape index (κ2) is 4.98. The molecule has 0 bridgehead atoms. The van der Waals surface area contributed by atoms with Gasteiger partial charge in [0.1, 0.15) is 0 Å². The summed E-state index contributed by atoms with van der Waals surface area (Å²) in [6, 6.07) is 0. The lowest BCUT2D eigenvalue weighted by atomic mass is 15.8. The molecule has 0 aliphatic heterocycles. The molecule has 0 unspecified atom stereocenters. The van der Waals surface area contributed by atoms with Crippen LogP contribution in [0.2, 0.25) is 0 Å². The van der Waals surface area contributed by atoms with Crippen molar-refractivity contribution in [1.82, 2.24) is 0 Å². The topological polar surface area (TPSA) is 80.3 Å². The van der Waals surface area contributed by atoms with Crippen molar-refractivity contribution in [2.24, 2.45) is 0 Å². The molecule has 0 atom stereocenters. The van der Waals surface area contributed by atoms with Gasteiger partial charge in [0.15, 0.2) is 0 Å². The van der Waals surface area contributed by atoms with E-state index in [0.29, 0.717) is 0 Å². The SMILES string of the molecule is O=S(=O)([O-])[O-].[Br-].[Br-]. The third-order valence-corrected chi connectivity index (χ3v) is 0. The first-order valence-corrected chi connectivity index (χ1v) is 2.00. The minimum Gasteiger partial charge on any atom is -1.00 e. The number of hydrogen-bond acceptors (Lipinski definition) is 4. The fraction of sp³-hybridized carbons (Fsp3) is 0. The number of rotatable bonds is 0. The molecule has 48 valence electrons. The molecule has 0 radical (unpaired) electrons. The Morgan fingerprint density at radius 2 is 1.00 bits per heavy atom. The fourth-order valence-corrected chi connectivity index (χ4v) is 0. The van der Waals surface area contributed by atoms with Crippen LogP contribution in [-0.2, 0) is 10.4 Å². The zero-order chi connectivity index (χ0) is 4.50. The molecule has 7 heavy (non-hydrogen) atoms. The molecule has 4 nitrogen and oxygen atoms in total. The predicted octanol–water partition coefficient (Wildman–Crippen LogP) is -7.33. The average Bonchev–Trinajstić information content (AvgIpc) is 0.722. The van der Waals surface area contributed by atoms with Gasteiger partial charge in [-0.1, -0.05) is 0 Å². The molecule has 0 amide bonds. The molecule has 0 spiro atoms. The van der Waals surface area contributed by atoms with E-state index >= 15 is 0 Å². The van der Waals surface area contributed by atoms with Crippen molar-refractivity contribution in [3.8, 4) is 0 Å². The van der Waals surface area contributed by atoms with Gasteiger partial charge in [0.2, 0.25) is 0 Å². The van der Waals surface area contributed by atoms with E-state index < -0.39 is 10.4 Å². The van der Waals surface area contributed by atoms with Crippen molar-refractivity contribution < 1.29 is 51.5 Å². The standard InChI is InChI=1S/2BrH.H2O4S/c;;1-5(2,3)4/h2*1H;(H2,1,2,3,4)/p-4. The van der Waals surface area contributed by atoms with Gasteiger partial charge in [-0.05, 0) is 0 Å². The summed E-state index contributed by atoms with van der Waals surface area (Å²) in [6.07, 6.45) is 0. The van der Waals surface area contributed by atoms with Crippen LogP contribution in [0.1, 0.15) is 0 Å². The number of halogens is 2. The van der Waals surface area contributed by atoms with E-state index in [9.17, 15) is 0 Å². The molecule has 0 N–H and O–H groups in total. The maximum absolute atomic E-state index is 8.52. The first-order chi connectivity index (χ1) is 2.00. The second-order valence-electron chi connectivity index (χ2n) is 0.408. The van der Waals surface area contributed by atoms with Gasteiger partial charge in [-0.15, -0.1) is 0 Å². The zero-order valence-electron chi connectivity index (χ0n) is 2.80. The molecule has 7 heteroatoms. The maximum Gasteiger partial charge on any atom is 0.0311 e. The second-order valence-corrected chi connectivity index (χ2v) is 1.22. The molecule has 0 heterocycles. The van der Waals surface area contributed by atoms with Crippen LogP contribution >= 0.6 is 0 Å². The summed E-state index contributed by atoms with van der Waals surface area (Å²) in [6.45, 7) is 0. The average molecular weight is 256 g/mol. The highest BCUT2D eigenvalue weighted by Gasteiger charge is 1.49. The fourth-order valence-electron chi connectivity index (χ4n) is 0. The lowest BCUT2D eigenvalue weighted by Gasteiger charge is -2.06. The Kier molecular flexibility index (Phi) is 11.1. The Labute approximate surface area is 62.0 Å². The van der Waals surface area contributed by atoms with Crippen LogP contribution in [0.4, 0.5) is 0 Å². The van der Waals surface area contributed by atoms with E-state index in [0.717, 1.165) is 0 Å². The Balaban J connectivity index is -0.0000000800. The van der Waals surface area contributed by atoms with Crippen LogP contribution in [-0.4, -0.2) is 17.5 Å². The predicted molar refractivity (Wildman–Crippen MR) is 10.5 cm³/mol. The Hall–Kier alpha value is 0.830. The van der Waals surface area contributed by atoms with E-state index in [-0.39, 0.29) is 34.0 Å². The van der Waals surface area contributed by atoms with Gasteiger partial charge >= 0.3 is 0 Å². The summed E-state index contributed by atoms with van der Waals surface area (Å²) in [4.78, 5) is 0. The van der Waals surface area contributed by atoms with Crippen LogP contribution in [0.5, 0.6) is 0 Å². The van der Waals surface area contributed by atoms with Gasteiger partial charge in [-0.2, -0.15) is 0 Å². The van der Waals surface area contributed by atoms with Crippen molar-refractivity contribution in [3.63, 3.8) is 0 Å². The Morgan fingerprint density at radius 1 is 1.00 bits per heavy atom. The molecule has 0 aliphatic carbocycles. The van der Waals surface area contributed by atoms with Crippen LogP contribution < -0.4 is 34.0 Å². The molecule has 0 aliphatic rings. The summed E-state index contributed by atoms with van der Waals surface area (Å²) in [5.41, 5.74) is 0. The molecule has 0 saturated carbocycles. The molecular weight excluding hydrogens is 256 g/mol. The van der Waals surface area contributed by atoms with Crippen molar-refractivity contribution in [1.29, 1.82) is 0 Å². The van der Waals surface area contributed by atoms with Crippen LogP contribution in [0, 0.1) is 0 Å². The van der Waals surface area contributed by atoms with Gasteiger partial charge in [0.25, 0.3) is 0 Å². The first kappa shape index (κ1) is 15.7. The molecule has 0 rings (SSSR count). The van der Waals surface area contributed by atoms with Gasteiger partial charge in [0.05, 0.1) is 0 Å². The Morgan fingerprint density at radius 3 is 1.00 bits per heavy atom. The first-order valence-electron chi connectivity index (χ1n) is 0.667. The van der Waals surface area contributed by atoms with Crippen LogP contribution in [0.15, 0.2) is 0 Å². The molecule has 0 fully saturated rings. The lowest BCUT2D eigenvalue weighted by molar-refractivity contribution is -0.00100. The molecule has 0 aromatic carbocycles. The smallest absolute Gasteiger partial charge is 0.0311 e. The highest BCUT2D eigenvalue weighted by atomic mass is 79.9. The zero-order valence-corrected chi connectivity index (χ0v) is 6.79. The monoisotopic (exact) mass is 254 g/mol. The van der Waals surface area contributed by atoms with Gasteiger partial charge < -0.3 is 43.1 Å². The molecule has 0 aromatic rings. The van der Waals surface area contributed by atoms with Crippen molar-refractivity contribution in [2.45, 2.75) is 0 Å². The van der Waals surface area contributed by atoms with E-state index in [1.165, 1.54) is 0 Å². The van der Waals surface area contributed by atoms with Crippen LogP contribution in [0.25, 0.3) is 0 Å². The highest BCUT2D eigenvalue weighted by molar-refractivity contribution is 7.79. The maximum atomic E-state index is 8.52. The third-order valence-electron chi connectivity index (χ3n) is 0. The van der Waals surface area contributed by atoms with Crippen molar-refractivity contribution >= 4 is 10.4 Å². The van der Waals surface area contributed by atoms with E-state index in [1.807, 2.05) is 0 Å². The molecular formula is Br2O4S-4. The largest absolute Gasteiger partial charge is 1.00 e. The summed E-state index contributed by atoms with van der Waals surface area (Å²) in [5.74, 6) is 0. The summed E-state index contributed by atoms with van der Waals surface area (Å²) < 4.78 is 34.1. The van der Waals surface area contributed by atoms with Crippen molar-refractivity contribution in [2.75, 3.05) is 0 Å². The quantitative estimate of drug-likeness (QED) is 0.318.